The molecule has 12 atom stereocenters. The number of imidazole rings is 3. The van der Waals surface area contributed by atoms with Crippen molar-refractivity contribution in [3.8, 4) is 33.8 Å². The van der Waals surface area contributed by atoms with Gasteiger partial charge in [-0.2, -0.15) is 0 Å². The van der Waals surface area contributed by atoms with Gasteiger partial charge in [0.05, 0.1) is 38.8 Å². The van der Waals surface area contributed by atoms with Crippen molar-refractivity contribution >= 4 is 73.6 Å². The van der Waals surface area contributed by atoms with Crippen molar-refractivity contribution in [1.29, 1.82) is 0 Å². The molecule has 6 fully saturated rings. The first-order valence-electron chi connectivity index (χ1n) is 31.6. The lowest BCUT2D eigenvalue weighted by Gasteiger charge is -2.28. The van der Waals surface area contributed by atoms with E-state index in [1.165, 1.54) is 19.0 Å². The molecule has 95 heavy (non-hydrogen) atoms. The lowest BCUT2D eigenvalue weighted by Crippen LogP contribution is -2.35. The number of hydrogen-bond acceptors (Lipinski definition) is 22. The van der Waals surface area contributed by atoms with Crippen molar-refractivity contribution in [2.24, 2.45) is 0 Å². The minimum Gasteiger partial charge on any atom is -0.347 e. The zero-order valence-corrected chi connectivity index (χ0v) is 53.2. The van der Waals surface area contributed by atoms with Crippen LogP contribution >= 0.6 is 7.82 Å². The Balaban J connectivity index is 0.661. The molecule has 0 aliphatic carbocycles. The highest BCUT2D eigenvalue weighted by molar-refractivity contribution is 7.48. The molecule has 26 heteroatoms. The van der Waals surface area contributed by atoms with Crippen LogP contribution < -0.4 is 0 Å². The van der Waals surface area contributed by atoms with Crippen LogP contribution in [0.2, 0.25) is 0 Å². The SMILES string of the molecule is CC1(C)O[C@@H]2[C@H](O1)[C@@H](COP(=O)(OC[C@H]1O[C@@H](n3cnc4c(-c5cccc6ccccc56)ncnc43)[C@@H]3OC(C)(C)O[C@@H]31)OC[C@H]1O[C@@H](n3cnc4c(-c5cccc6ccccc56)ncnc43)[C@@H]3OC(C)(C)O[C@@H]31)O[C@H]2n1cnc2c(-c3cccc4ccccc34)ncnc21. The van der Waals surface area contributed by atoms with Crippen LogP contribution in [0.1, 0.15) is 60.2 Å². The Morgan fingerprint density at radius 2 is 0.653 bits per heavy atom. The highest BCUT2D eigenvalue weighted by atomic mass is 31.2. The van der Waals surface area contributed by atoms with Crippen molar-refractivity contribution in [3.05, 3.63) is 165 Å². The van der Waals surface area contributed by atoms with Gasteiger partial charge in [-0.25, -0.2) is 49.4 Å². The van der Waals surface area contributed by atoms with Crippen molar-refractivity contribution in [3.63, 3.8) is 0 Å². The molecule has 0 spiro atoms. The van der Waals surface area contributed by atoms with Crippen LogP contribution in [0.3, 0.4) is 0 Å². The molecule has 6 aliphatic heterocycles. The van der Waals surface area contributed by atoms with Gasteiger partial charge in [-0.1, -0.05) is 127 Å². The Bertz CT molecular complexity index is 4560. The standard InChI is InChI=1S/C69H63N12O13P/c1-67(2)89-55-46(86-64(58(55)92-67)79-34-76-52-49(70-31-73-61(52)79)43-25-13-19-37-16-7-10-22-40(37)43)28-83-95(82,84-29-47-56-59(93-68(3,4)90-56)65(87-47)80-35-77-53-50(71-32-74-62(53)80)44-26-14-20-38-17-8-11-23-41(38)44)85-30-48-57-60(94-69(5,6)91-57)66(88-48)81-36-78-54-51(72-33-75-63(54)81)45-27-15-21-39-18-9-12-24-42(39)45/h7-27,31-36,46-48,55-60,64-66H,28-30H2,1-6H3/t46-,47-,48-,55-,56-,57-,58-,59-,60-,64-,65-,66-/m1/s1. The summed E-state index contributed by atoms with van der Waals surface area (Å²) >= 11 is 0. The molecule has 0 saturated carbocycles. The molecule has 6 aliphatic rings. The van der Waals surface area contributed by atoms with Crippen molar-refractivity contribution < 1.29 is 60.8 Å². The molecule has 0 bridgehead atoms. The molecule has 482 valence electrons. The number of phosphoric ester groups is 1. The molecule has 12 heterocycles. The molecule has 12 aromatic rings. The molecule has 0 unspecified atom stereocenters. The Labute approximate surface area is 542 Å². The van der Waals surface area contributed by atoms with Gasteiger partial charge in [-0.15, -0.1) is 0 Å². The summed E-state index contributed by atoms with van der Waals surface area (Å²) in [6, 6.07) is 42.6. The fraction of sp³-hybridized carbons (Fsp3) is 0.348. The van der Waals surface area contributed by atoms with E-state index in [1.807, 2.05) is 128 Å². The van der Waals surface area contributed by atoms with Crippen LogP contribution in [0.4, 0.5) is 0 Å². The number of fused-ring (bicyclic) bond motifs is 9. The average Bonchev–Trinajstić information content (AvgIpc) is 1.61. The summed E-state index contributed by atoms with van der Waals surface area (Å²) < 4.78 is 102. The molecule has 18 rings (SSSR count). The van der Waals surface area contributed by atoms with E-state index in [9.17, 15) is 0 Å². The Morgan fingerprint density at radius 1 is 0.368 bits per heavy atom. The second-order valence-corrected chi connectivity index (χ2v) is 27.6. The number of benzene rings is 6. The maximum absolute atomic E-state index is 16.0. The Hall–Kier alpha value is -8.50. The maximum atomic E-state index is 16.0. The quantitative estimate of drug-likeness (QED) is 0.0864. The van der Waals surface area contributed by atoms with Crippen molar-refractivity contribution in [2.45, 2.75) is 133 Å². The third-order valence-electron chi connectivity index (χ3n) is 18.6. The smallest absolute Gasteiger partial charge is 0.347 e. The topological polar surface area (TPSA) is 259 Å². The van der Waals surface area contributed by atoms with Gasteiger partial charge in [0, 0.05) is 16.7 Å². The molecular weight excluding hydrogens is 1240 g/mol. The van der Waals surface area contributed by atoms with Gasteiger partial charge in [0.15, 0.2) is 53.0 Å². The minimum atomic E-state index is -4.77. The van der Waals surface area contributed by atoms with E-state index in [0.717, 1.165) is 49.0 Å². The molecule has 25 nitrogen and oxygen atoms in total. The molecule has 6 aromatic carbocycles. The maximum Gasteiger partial charge on any atom is 0.475 e. The molecule has 0 amide bonds. The van der Waals surface area contributed by atoms with Gasteiger partial charge in [0.2, 0.25) is 0 Å². The third-order valence-corrected chi connectivity index (χ3v) is 20.0. The first-order valence-corrected chi connectivity index (χ1v) is 33.1. The number of rotatable bonds is 15. The van der Waals surface area contributed by atoms with E-state index in [2.05, 4.69) is 54.6 Å². The first-order chi connectivity index (χ1) is 46.1. The zero-order valence-electron chi connectivity index (χ0n) is 52.3. The van der Waals surface area contributed by atoms with E-state index < -0.39 is 98.8 Å². The van der Waals surface area contributed by atoms with Gasteiger partial charge >= 0.3 is 7.82 Å². The lowest BCUT2D eigenvalue weighted by atomic mass is 10.0. The zero-order chi connectivity index (χ0) is 64.1. The first kappa shape index (κ1) is 59.0. The number of hydrogen-bond donors (Lipinski definition) is 0. The predicted octanol–water partition coefficient (Wildman–Crippen LogP) is 11.4. The van der Waals surface area contributed by atoms with E-state index >= 15 is 4.57 Å². The number of ether oxygens (including phenoxy) is 9. The molecular formula is C69H63N12O13P. The second-order valence-electron chi connectivity index (χ2n) is 25.9. The molecule has 0 radical (unpaired) electrons. The van der Waals surface area contributed by atoms with Crippen LogP contribution in [0.15, 0.2) is 165 Å². The van der Waals surface area contributed by atoms with E-state index in [4.69, 9.17) is 101 Å². The van der Waals surface area contributed by atoms with Crippen LogP contribution in [0.25, 0.3) is 99.6 Å². The van der Waals surface area contributed by atoms with Crippen LogP contribution in [0.5, 0.6) is 0 Å². The van der Waals surface area contributed by atoms with E-state index in [0.29, 0.717) is 50.6 Å². The fourth-order valence-corrected chi connectivity index (χ4v) is 15.9. The van der Waals surface area contributed by atoms with Gasteiger partial charge < -0.3 is 42.6 Å². The van der Waals surface area contributed by atoms with Crippen LogP contribution in [-0.4, -0.2) is 151 Å². The normalized spacial score (nSPS) is 27.4. The van der Waals surface area contributed by atoms with Gasteiger partial charge in [0.25, 0.3) is 0 Å². The number of aromatic nitrogens is 12. The average molecular weight is 1300 g/mol. The van der Waals surface area contributed by atoms with Crippen molar-refractivity contribution in [1.82, 2.24) is 58.6 Å². The van der Waals surface area contributed by atoms with Gasteiger partial charge in [0.1, 0.15) is 108 Å². The molecule has 6 aromatic heterocycles. The summed E-state index contributed by atoms with van der Waals surface area (Å²) in [4.78, 5) is 43.1. The largest absolute Gasteiger partial charge is 0.475 e. The number of phosphoric acid groups is 1. The van der Waals surface area contributed by atoms with E-state index in [1.54, 1.807) is 19.0 Å². The fourth-order valence-electron chi connectivity index (χ4n) is 14.7. The summed E-state index contributed by atoms with van der Waals surface area (Å²) in [6.07, 6.45) is -0.114. The van der Waals surface area contributed by atoms with Gasteiger partial charge in [-0.05, 0) is 73.9 Å². The van der Waals surface area contributed by atoms with Crippen molar-refractivity contribution in [2.75, 3.05) is 19.8 Å². The molecule has 0 N–H and O–H groups in total. The minimum absolute atomic E-state index is 0.365. The highest BCUT2D eigenvalue weighted by Crippen LogP contribution is 2.55. The Kier molecular flexibility index (Phi) is 13.8. The summed E-state index contributed by atoms with van der Waals surface area (Å²) in [5.74, 6) is -3.18. The predicted molar refractivity (Wildman–Crippen MR) is 343 cm³/mol. The summed E-state index contributed by atoms with van der Waals surface area (Å²) in [5, 5.41) is 6.23. The monoisotopic (exact) mass is 1300 g/mol. The summed E-state index contributed by atoms with van der Waals surface area (Å²) in [6.45, 7) is 9.87. The van der Waals surface area contributed by atoms with Crippen LogP contribution in [0, 0.1) is 0 Å². The molecule has 6 saturated heterocycles. The summed E-state index contributed by atoms with van der Waals surface area (Å²) in [7, 11) is -4.77. The summed E-state index contributed by atoms with van der Waals surface area (Å²) in [5.41, 5.74) is 7.85. The third kappa shape index (κ3) is 10.1. The lowest BCUT2D eigenvalue weighted by molar-refractivity contribution is -0.202. The second kappa shape index (κ2) is 22.3. The van der Waals surface area contributed by atoms with Gasteiger partial charge in [-0.3, -0.25) is 27.3 Å². The van der Waals surface area contributed by atoms with E-state index in [-0.39, 0.29) is 19.8 Å². The van der Waals surface area contributed by atoms with Crippen LogP contribution in [-0.2, 0) is 60.8 Å². The Morgan fingerprint density at radius 3 is 0.968 bits per heavy atom. The highest BCUT2D eigenvalue weighted by Gasteiger charge is 2.60. The number of nitrogens with zero attached hydrogens (tertiary/aromatic N) is 12.